The van der Waals surface area contributed by atoms with Crippen LogP contribution >= 0.6 is 0 Å². The summed E-state index contributed by atoms with van der Waals surface area (Å²) in [4.78, 5) is 18.1. The highest BCUT2D eigenvalue weighted by molar-refractivity contribution is 5.20. The van der Waals surface area contributed by atoms with Crippen LogP contribution in [0.15, 0.2) is 4.79 Å². The molecule has 0 spiro atoms. The van der Waals surface area contributed by atoms with E-state index >= 15 is 0 Å². The minimum absolute atomic E-state index is 0.106. The zero-order valence-corrected chi connectivity index (χ0v) is 9.02. The Morgan fingerprint density at radius 1 is 1.35 bits per heavy atom. The van der Waals surface area contributed by atoms with Crippen LogP contribution in [0.4, 0.5) is 13.2 Å². The Morgan fingerprint density at radius 3 is 2.82 bits per heavy atom. The molecule has 7 heteroatoms. The summed E-state index contributed by atoms with van der Waals surface area (Å²) in [6, 6.07) is 0. The van der Waals surface area contributed by atoms with E-state index in [4.69, 9.17) is 0 Å². The largest absolute Gasteiger partial charge is 0.389 e. The number of aromatic amines is 1. The van der Waals surface area contributed by atoms with E-state index in [0.717, 1.165) is 0 Å². The maximum Gasteiger partial charge on any atom is 0.389 e. The molecule has 2 rings (SSSR count). The number of hydrogen-bond acceptors (Lipinski definition) is 3. The molecule has 1 aromatic rings. The average molecular weight is 247 g/mol. The van der Waals surface area contributed by atoms with Gasteiger partial charge in [0.15, 0.2) is 0 Å². The number of halogens is 3. The molecule has 0 atom stereocenters. The fraction of sp³-hybridized carbons (Fsp3) is 0.600. The van der Waals surface area contributed by atoms with Crippen molar-refractivity contribution in [2.24, 2.45) is 0 Å². The predicted octanol–water partition coefficient (Wildman–Crippen LogP) is 0.911. The molecule has 1 aliphatic heterocycles. The van der Waals surface area contributed by atoms with Gasteiger partial charge < -0.3 is 10.3 Å². The second kappa shape index (κ2) is 4.48. The van der Waals surface area contributed by atoms with Gasteiger partial charge in [0.05, 0.1) is 12.1 Å². The van der Waals surface area contributed by atoms with E-state index < -0.39 is 12.6 Å². The van der Waals surface area contributed by atoms with Crippen molar-refractivity contribution in [2.75, 3.05) is 6.54 Å². The number of nitrogens with zero attached hydrogens (tertiary/aromatic N) is 1. The minimum atomic E-state index is -4.23. The van der Waals surface area contributed by atoms with Crippen LogP contribution in [-0.4, -0.2) is 22.7 Å². The lowest BCUT2D eigenvalue weighted by atomic mass is 10.1. The molecular formula is C10H12F3N3O. The van der Waals surface area contributed by atoms with Gasteiger partial charge in [-0.2, -0.15) is 13.2 Å². The maximum atomic E-state index is 12.0. The Kier molecular flexibility index (Phi) is 3.19. The van der Waals surface area contributed by atoms with Crippen LogP contribution in [0.25, 0.3) is 0 Å². The van der Waals surface area contributed by atoms with E-state index in [1.54, 1.807) is 0 Å². The zero-order chi connectivity index (χ0) is 12.5. The molecule has 4 nitrogen and oxygen atoms in total. The van der Waals surface area contributed by atoms with Gasteiger partial charge in [0.25, 0.3) is 5.56 Å². The van der Waals surface area contributed by atoms with Crippen molar-refractivity contribution in [3.8, 4) is 0 Å². The van der Waals surface area contributed by atoms with E-state index in [1.807, 2.05) is 0 Å². The van der Waals surface area contributed by atoms with Crippen molar-refractivity contribution >= 4 is 0 Å². The zero-order valence-electron chi connectivity index (χ0n) is 9.02. The number of aromatic nitrogens is 2. The Balaban J connectivity index is 2.20. The highest BCUT2D eigenvalue weighted by Crippen LogP contribution is 2.21. The van der Waals surface area contributed by atoms with Gasteiger partial charge in [0.2, 0.25) is 0 Å². The van der Waals surface area contributed by atoms with Gasteiger partial charge >= 0.3 is 6.18 Å². The van der Waals surface area contributed by atoms with Gasteiger partial charge in [-0.3, -0.25) is 4.79 Å². The number of fused-ring (bicyclic) bond motifs is 1. The number of rotatable bonds is 2. The summed E-state index contributed by atoms with van der Waals surface area (Å²) in [5, 5.41) is 3.03. The summed E-state index contributed by atoms with van der Waals surface area (Å²) >= 11 is 0. The summed E-state index contributed by atoms with van der Waals surface area (Å²) in [7, 11) is 0. The second-order valence-electron chi connectivity index (χ2n) is 3.98. The van der Waals surface area contributed by atoms with Crippen LogP contribution in [0.5, 0.6) is 0 Å². The van der Waals surface area contributed by atoms with Crippen molar-refractivity contribution in [1.82, 2.24) is 15.3 Å². The Bertz CT molecular complexity index is 467. The van der Waals surface area contributed by atoms with E-state index in [-0.39, 0.29) is 17.8 Å². The van der Waals surface area contributed by atoms with Crippen LogP contribution in [0.3, 0.4) is 0 Å². The standard InChI is InChI=1S/C10H12F3N3O/c11-10(12,13)3-1-8-15-7-5-14-4-2-6(7)9(17)16-8/h14H,1-5H2,(H,15,16,17). The first-order valence-corrected chi connectivity index (χ1v) is 5.34. The normalized spacial score (nSPS) is 15.7. The number of alkyl halides is 3. The molecule has 0 radical (unpaired) electrons. The highest BCUT2D eigenvalue weighted by atomic mass is 19.4. The molecule has 0 saturated carbocycles. The summed E-state index contributed by atoms with van der Waals surface area (Å²) in [5.74, 6) is 0.106. The highest BCUT2D eigenvalue weighted by Gasteiger charge is 2.27. The molecule has 94 valence electrons. The van der Waals surface area contributed by atoms with Crippen molar-refractivity contribution in [3.63, 3.8) is 0 Å². The Labute approximate surface area is 95.3 Å². The average Bonchev–Trinajstić information content (AvgIpc) is 2.26. The van der Waals surface area contributed by atoms with Crippen LogP contribution in [0.1, 0.15) is 23.5 Å². The molecule has 2 N–H and O–H groups in total. The Hall–Kier alpha value is -1.37. The maximum absolute atomic E-state index is 12.0. The monoisotopic (exact) mass is 247 g/mol. The molecule has 17 heavy (non-hydrogen) atoms. The molecule has 0 aliphatic carbocycles. The topological polar surface area (TPSA) is 57.8 Å². The molecule has 0 fully saturated rings. The van der Waals surface area contributed by atoms with Gasteiger partial charge in [-0.25, -0.2) is 4.98 Å². The third-order valence-corrected chi connectivity index (χ3v) is 2.64. The lowest BCUT2D eigenvalue weighted by Gasteiger charge is -2.16. The number of aryl methyl sites for hydroxylation is 1. The minimum Gasteiger partial charge on any atom is -0.311 e. The summed E-state index contributed by atoms with van der Waals surface area (Å²) in [6.45, 7) is 1.14. The summed E-state index contributed by atoms with van der Waals surface area (Å²) < 4.78 is 36.1. The molecular weight excluding hydrogens is 235 g/mol. The van der Waals surface area contributed by atoms with Crippen LogP contribution in [0, 0.1) is 0 Å². The molecule has 0 bridgehead atoms. The summed E-state index contributed by atoms with van der Waals surface area (Å²) in [6.07, 6.45) is -4.92. The van der Waals surface area contributed by atoms with Gasteiger partial charge in [-0.1, -0.05) is 0 Å². The lowest BCUT2D eigenvalue weighted by Crippen LogP contribution is -2.32. The fourth-order valence-corrected chi connectivity index (χ4v) is 1.80. The first kappa shape index (κ1) is 12.1. The van der Waals surface area contributed by atoms with E-state index in [9.17, 15) is 18.0 Å². The van der Waals surface area contributed by atoms with Crippen molar-refractivity contribution in [1.29, 1.82) is 0 Å². The predicted molar refractivity (Wildman–Crippen MR) is 54.6 cm³/mol. The Morgan fingerprint density at radius 2 is 2.12 bits per heavy atom. The molecule has 0 amide bonds. The van der Waals surface area contributed by atoms with Crippen molar-refractivity contribution in [3.05, 3.63) is 27.4 Å². The van der Waals surface area contributed by atoms with E-state index in [0.29, 0.717) is 30.8 Å². The first-order chi connectivity index (χ1) is 7.96. The number of H-pyrrole nitrogens is 1. The van der Waals surface area contributed by atoms with Gasteiger partial charge in [-0.05, 0) is 13.0 Å². The molecule has 0 unspecified atom stereocenters. The second-order valence-corrected chi connectivity index (χ2v) is 3.98. The fourth-order valence-electron chi connectivity index (χ4n) is 1.80. The van der Waals surface area contributed by atoms with Crippen LogP contribution in [-0.2, 0) is 19.4 Å². The SMILES string of the molecule is O=c1[nH]c(CCC(F)(F)F)nc2c1CCNC2. The molecule has 1 aromatic heterocycles. The smallest absolute Gasteiger partial charge is 0.311 e. The quantitative estimate of drug-likeness (QED) is 0.816. The molecule has 0 aromatic carbocycles. The summed E-state index contributed by atoms with van der Waals surface area (Å²) in [5.41, 5.74) is 0.838. The van der Waals surface area contributed by atoms with Gasteiger partial charge in [0, 0.05) is 18.5 Å². The van der Waals surface area contributed by atoms with Crippen molar-refractivity contribution < 1.29 is 13.2 Å². The first-order valence-electron chi connectivity index (χ1n) is 5.34. The third kappa shape index (κ3) is 3.06. The van der Waals surface area contributed by atoms with Gasteiger partial charge in [-0.15, -0.1) is 0 Å². The van der Waals surface area contributed by atoms with Gasteiger partial charge in [0.1, 0.15) is 5.82 Å². The number of hydrogen-bond donors (Lipinski definition) is 2. The molecule has 2 heterocycles. The van der Waals surface area contributed by atoms with E-state index in [2.05, 4.69) is 15.3 Å². The lowest BCUT2D eigenvalue weighted by molar-refractivity contribution is -0.134. The molecule has 1 aliphatic rings. The van der Waals surface area contributed by atoms with Crippen LogP contribution in [0.2, 0.25) is 0 Å². The van der Waals surface area contributed by atoms with Crippen molar-refractivity contribution in [2.45, 2.75) is 32.0 Å². The third-order valence-electron chi connectivity index (χ3n) is 2.64. The van der Waals surface area contributed by atoms with Crippen LogP contribution < -0.4 is 10.9 Å². The number of nitrogens with one attached hydrogen (secondary N) is 2. The van der Waals surface area contributed by atoms with E-state index in [1.165, 1.54) is 0 Å². The molecule has 0 saturated heterocycles.